The average Bonchev–Trinajstić information content (AvgIpc) is 2.28. The number of rotatable bonds is 6. The van der Waals surface area contributed by atoms with Crippen LogP contribution in [0.2, 0.25) is 0 Å². The van der Waals surface area contributed by atoms with Crippen molar-refractivity contribution in [1.29, 1.82) is 0 Å². The van der Waals surface area contributed by atoms with Crippen molar-refractivity contribution in [3.8, 4) is 5.75 Å². The number of hydrogen-bond acceptors (Lipinski definition) is 4. The normalized spacial score (nSPS) is 9.56. The van der Waals surface area contributed by atoms with Gasteiger partial charge < -0.3 is 9.47 Å². The molecule has 0 bridgehead atoms. The average molecular weight is 222 g/mol. The third-order valence-corrected chi connectivity index (χ3v) is 1.90. The highest BCUT2D eigenvalue weighted by Crippen LogP contribution is 2.12. The molecule has 0 atom stereocenters. The maximum atomic E-state index is 11.2. The van der Waals surface area contributed by atoms with Crippen LogP contribution in [0.4, 0.5) is 0 Å². The van der Waals surface area contributed by atoms with E-state index in [0.29, 0.717) is 18.6 Å². The Labute approximate surface area is 94.2 Å². The van der Waals surface area contributed by atoms with Gasteiger partial charge in [-0.3, -0.25) is 9.59 Å². The summed E-state index contributed by atoms with van der Waals surface area (Å²) in [4.78, 5) is 21.2. The van der Waals surface area contributed by atoms with E-state index in [4.69, 9.17) is 9.47 Å². The van der Waals surface area contributed by atoms with Gasteiger partial charge in [0, 0.05) is 0 Å². The smallest absolute Gasteiger partial charge is 0.310 e. The van der Waals surface area contributed by atoms with Gasteiger partial charge >= 0.3 is 5.97 Å². The topological polar surface area (TPSA) is 52.6 Å². The Morgan fingerprint density at radius 2 is 2.00 bits per heavy atom. The molecule has 1 rings (SSSR count). The Hall–Kier alpha value is -1.84. The molecule has 0 unspecified atom stereocenters. The fraction of sp³-hybridized carbons (Fsp3) is 0.333. The largest absolute Gasteiger partial charge is 0.486 e. The van der Waals surface area contributed by atoms with Gasteiger partial charge in [0.1, 0.15) is 12.4 Å². The zero-order valence-electron chi connectivity index (χ0n) is 9.14. The molecular formula is C12H14O4. The van der Waals surface area contributed by atoms with Gasteiger partial charge in [-0.2, -0.15) is 0 Å². The molecule has 0 aliphatic carbocycles. The third kappa shape index (κ3) is 4.13. The zero-order chi connectivity index (χ0) is 11.8. The summed E-state index contributed by atoms with van der Waals surface area (Å²) >= 11 is 0. The summed E-state index contributed by atoms with van der Waals surface area (Å²) in [6.07, 6.45) is 0.939. The molecule has 0 aliphatic heterocycles. The van der Waals surface area contributed by atoms with Crippen LogP contribution in [-0.4, -0.2) is 25.5 Å². The van der Waals surface area contributed by atoms with Gasteiger partial charge in [0.05, 0.1) is 13.0 Å². The SMILES string of the molecule is CCOC(=O)Cc1ccc(OCC=O)cc1. The first-order chi connectivity index (χ1) is 7.76. The van der Waals surface area contributed by atoms with Crippen LogP contribution in [0.3, 0.4) is 0 Å². The van der Waals surface area contributed by atoms with Crippen LogP contribution in [0.5, 0.6) is 5.75 Å². The summed E-state index contributed by atoms with van der Waals surface area (Å²) in [5.41, 5.74) is 0.858. The number of hydrogen-bond donors (Lipinski definition) is 0. The van der Waals surface area contributed by atoms with Gasteiger partial charge in [0.15, 0.2) is 6.29 Å². The van der Waals surface area contributed by atoms with Crippen LogP contribution in [0.1, 0.15) is 12.5 Å². The molecule has 16 heavy (non-hydrogen) atoms. The number of aldehydes is 1. The first kappa shape index (κ1) is 12.2. The minimum atomic E-state index is -0.246. The van der Waals surface area contributed by atoms with Crippen LogP contribution < -0.4 is 4.74 Å². The molecule has 0 spiro atoms. The molecule has 0 fully saturated rings. The molecular weight excluding hydrogens is 208 g/mol. The van der Waals surface area contributed by atoms with Crippen molar-refractivity contribution in [2.45, 2.75) is 13.3 Å². The highest BCUT2D eigenvalue weighted by Gasteiger charge is 2.03. The van der Waals surface area contributed by atoms with Crippen LogP contribution >= 0.6 is 0 Å². The number of esters is 1. The Morgan fingerprint density at radius 3 is 2.56 bits per heavy atom. The molecule has 1 aromatic rings. The second kappa shape index (κ2) is 6.61. The molecule has 0 aliphatic rings. The summed E-state index contributed by atoms with van der Waals surface area (Å²) < 4.78 is 9.90. The molecule has 0 saturated heterocycles. The summed E-state index contributed by atoms with van der Waals surface area (Å²) in [5.74, 6) is 0.365. The van der Waals surface area contributed by atoms with E-state index >= 15 is 0 Å². The number of ether oxygens (including phenoxy) is 2. The zero-order valence-corrected chi connectivity index (χ0v) is 9.14. The molecule has 0 saturated carbocycles. The maximum absolute atomic E-state index is 11.2. The highest BCUT2D eigenvalue weighted by atomic mass is 16.5. The predicted octanol–water partition coefficient (Wildman–Crippen LogP) is 1.37. The van der Waals surface area contributed by atoms with Gasteiger partial charge in [0.25, 0.3) is 0 Å². The van der Waals surface area contributed by atoms with E-state index in [1.165, 1.54) is 0 Å². The monoisotopic (exact) mass is 222 g/mol. The minimum absolute atomic E-state index is 0.0389. The van der Waals surface area contributed by atoms with Gasteiger partial charge in [-0.05, 0) is 24.6 Å². The summed E-state index contributed by atoms with van der Waals surface area (Å²) in [5, 5.41) is 0. The summed E-state index contributed by atoms with van der Waals surface area (Å²) in [7, 11) is 0. The maximum Gasteiger partial charge on any atom is 0.310 e. The molecule has 4 heteroatoms. The molecule has 0 heterocycles. The van der Waals surface area contributed by atoms with Crippen molar-refractivity contribution < 1.29 is 19.1 Å². The van der Waals surface area contributed by atoms with Gasteiger partial charge in [-0.15, -0.1) is 0 Å². The first-order valence-corrected chi connectivity index (χ1v) is 5.07. The van der Waals surface area contributed by atoms with Crippen molar-refractivity contribution >= 4 is 12.3 Å². The van der Waals surface area contributed by atoms with Crippen molar-refractivity contribution in [2.24, 2.45) is 0 Å². The lowest BCUT2D eigenvalue weighted by Crippen LogP contribution is -2.07. The van der Waals surface area contributed by atoms with Crippen LogP contribution in [0, 0.1) is 0 Å². The van der Waals surface area contributed by atoms with Crippen molar-refractivity contribution in [1.82, 2.24) is 0 Å². The van der Waals surface area contributed by atoms with E-state index in [1.54, 1.807) is 31.2 Å². The Bertz CT molecular complexity index is 343. The Balaban J connectivity index is 2.50. The van der Waals surface area contributed by atoms with E-state index in [1.807, 2.05) is 0 Å². The molecule has 0 aromatic heterocycles. The van der Waals surface area contributed by atoms with Crippen LogP contribution in [0.15, 0.2) is 24.3 Å². The molecule has 86 valence electrons. The van der Waals surface area contributed by atoms with Gasteiger partial charge in [-0.25, -0.2) is 0 Å². The van der Waals surface area contributed by atoms with Crippen LogP contribution in [-0.2, 0) is 20.7 Å². The van der Waals surface area contributed by atoms with Gasteiger partial charge in [0.2, 0.25) is 0 Å². The summed E-state index contributed by atoms with van der Waals surface area (Å²) in [6, 6.07) is 6.99. The minimum Gasteiger partial charge on any atom is -0.486 e. The fourth-order valence-electron chi connectivity index (χ4n) is 1.21. The standard InChI is InChI=1S/C12H14O4/c1-2-15-12(14)9-10-3-5-11(6-4-10)16-8-7-13/h3-7H,2,8-9H2,1H3. The number of carbonyl (C=O) groups excluding carboxylic acids is 2. The van der Waals surface area contributed by atoms with E-state index in [0.717, 1.165) is 5.56 Å². The second-order valence-corrected chi connectivity index (χ2v) is 3.10. The van der Waals surface area contributed by atoms with Crippen molar-refractivity contribution in [3.63, 3.8) is 0 Å². The van der Waals surface area contributed by atoms with E-state index < -0.39 is 0 Å². The predicted molar refractivity (Wildman–Crippen MR) is 58.3 cm³/mol. The molecule has 0 N–H and O–H groups in total. The van der Waals surface area contributed by atoms with E-state index in [2.05, 4.69) is 0 Å². The third-order valence-electron chi connectivity index (χ3n) is 1.90. The molecule has 4 nitrogen and oxygen atoms in total. The second-order valence-electron chi connectivity index (χ2n) is 3.10. The summed E-state index contributed by atoms with van der Waals surface area (Å²) in [6.45, 7) is 2.20. The lowest BCUT2D eigenvalue weighted by molar-refractivity contribution is -0.142. The molecule has 0 amide bonds. The highest BCUT2D eigenvalue weighted by molar-refractivity contribution is 5.72. The quantitative estimate of drug-likeness (QED) is 0.539. The first-order valence-electron chi connectivity index (χ1n) is 5.07. The molecule has 1 aromatic carbocycles. The van der Waals surface area contributed by atoms with Crippen molar-refractivity contribution in [2.75, 3.05) is 13.2 Å². The van der Waals surface area contributed by atoms with E-state index in [-0.39, 0.29) is 19.0 Å². The molecule has 0 radical (unpaired) electrons. The lowest BCUT2D eigenvalue weighted by Gasteiger charge is -2.04. The fourth-order valence-corrected chi connectivity index (χ4v) is 1.21. The van der Waals surface area contributed by atoms with Crippen molar-refractivity contribution in [3.05, 3.63) is 29.8 Å². The number of benzene rings is 1. The van der Waals surface area contributed by atoms with Gasteiger partial charge in [-0.1, -0.05) is 12.1 Å². The lowest BCUT2D eigenvalue weighted by atomic mass is 10.1. The van der Waals surface area contributed by atoms with Crippen LogP contribution in [0.25, 0.3) is 0 Å². The van der Waals surface area contributed by atoms with E-state index in [9.17, 15) is 9.59 Å². The number of carbonyl (C=O) groups is 2. The Morgan fingerprint density at radius 1 is 1.31 bits per heavy atom. The Kier molecular flexibility index (Phi) is 5.05.